The monoisotopic (exact) mass is 402 g/mol. The molecule has 3 heteroatoms. The van der Waals surface area contributed by atoms with E-state index in [9.17, 15) is 0 Å². The summed E-state index contributed by atoms with van der Waals surface area (Å²) in [5.41, 5.74) is 0. The number of fused-ring (bicyclic) bond motifs is 20. The average molecular weight is 402 g/mol. The third-order valence-electron chi connectivity index (χ3n) is 29.7. The second-order valence-corrected chi connectivity index (χ2v) is 69.5. The van der Waals surface area contributed by atoms with Crippen LogP contribution in [0, 0.1) is 0 Å². The Morgan fingerprint density at radius 2 is 0.652 bits per heavy atom. The molecule has 0 aliphatic carbocycles. The molecule has 0 aromatic heterocycles. The SMILES string of the molecule is P([C]12[CH]3[CH]4[CH]5[CH]1[Fe]45321678[CH]2[CH]1[CH]6[CH]7[CH]28)[C]12[CH]3[CH]4[CH]5[CH]1[Fe]45321678[CH]2[CH]1[CH]6[CH]7[CH]28. The summed E-state index contributed by atoms with van der Waals surface area (Å²) in [7, 11) is 1.77. The molecule has 0 radical (unpaired) electrons. The van der Waals surface area contributed by atoms with Crippen LogP contribution in [0.2, 0.25) is 86.7 Å². The zero-order chi connectivity index (χ0) is 12.7. The molecule has 0 bridgehead atoms. The number of rotatable bonds is 2. The van der Waals surface area contributed by atoms with Crippen LogP contribution < -0.4 is 0 Å². The molecule has 0 amide bonds. The maximum absolute atomic E-state index is 2.73. The Hall–Kier alpha value is 1.47. The fourth-order valence-electron chi connectivity index (χ4n) is 33.3. The predicted molar refractivity (Wildman–Crippen MR) is 81.3 cm³/mol. The van der Waals surface area contributed by atoms with Crippen molar-refractivity contribution in [2.24, 2.45) is 0 Å². The summed E-state index contributed by atoms with van der Waals surface area (Å²) in [5.74, 6) is 0. The Bertz CT molecular complexity index is 1680. The molecule has 0 aromatic carbocycles. The molecule has 120 valence electrons. The molecular formula is C20H19Fe2P. The van der Waals surface area contributed by atoms with Crippen LogP contribution >= 0.6 is 8.58 Å². The fourth-order valence-corrected chi connectivity index (χ4v) is 204. The molecule has 20 fully saturated rings. The van der Waals surface area contributed by atoms with Crippen molar-refractivity contribution in [3.8, 4) is 0 Å². The van der Waals surface area contributed by atoms with Crippen LogP contribution in [0.25, 0.3) is 0 Å². The summed E-state index contributed by atoms with van der Waals surface area (Å²) in [6.07, 6.45) is 0. The molecule has 20 aliphatic heterocycles. The molecule has 8 unspecified atom stereocenters. The van der Waals surface area contributed by atoms with Gasteiger partial charge in [-0.25, -0.2) is 0 Å². The van der Waals surface area contributed by atoms with Gasteiger partial charge in [-0.15, -0.1) is 0 Å². The van der Waals surface area contributed by atoms with E-state index in [4.69, 9.17) is 0 Å². The molecule has 0 saturated carbocycles. The molecule has 8 atom stereocenters. The van der Waals surface area contributed by atoms with E-state index in [1.54, 1.807) is 95.3 Å². The van der Waals surface area contributed by atoms with E-state index in [-0.39, 0.29) is 0 Å². The van der Waals surface area contributed by atoms with Gasteiger partial charge in [-0.05, 0) is 0 Å². The second-order valence-electron chi connectivity index (χ2n) is 19.5. The van der Waals surface area contributed by atoms with Gasteiger partial charge < -0.3 is 0 Å². The molecule has 20 saturated heterocycles. The molecule has 0 aromatic rings. The molecule has 0 N–H and O–H groups in total. The van der Waals surface area contributed by atoms with E-state index >= 15 is 0 Å². The van der Waals surface area contributed by atoms with Gasteiger partial charge in [0.25, 0.3) is 0 Å². The van der Waals surface area contributed by atoms with Crippen molar-refractivity contribution in [1.82, 2.24) is 0 Å². The van der Waals surface area contributed by atoms with E-state index in [0.29, 0.717) is 0 Å². The topological polar surface area (TPSA) is 0 Å². The van der Waals surface area contributed by atoms with E-state index in [1.165, 1.54) is 8.11 Å². The quantitative estimate of drug-likeness (QED) is 0.378. The first-order valence-corrected chi connectivity index (χ1v) is 24.6. The second kappa shape index (κ2) is 0.472. The molecule has 2 spiro atoms. The standard InChI is InChI=1S/C10H9P.2C5H5.2Fe/c1-2-6-9(5-1)11-10-7-3-4-8-10;2*1-2-4-5-3-1;;/h1-8,11H;2*1-5H;;. The molecular weight excluding hydrogens is 383 g/mol. The first kappa shape index (κ1) is 7.13. The Balaban J connectivity index is 1.19. The van der Waals surface area contributed by atoms with Gasteiger partial charge in [0.1, 0.15) is 0 Å². The van der Waals surface area contributed by atoms with Crippen molar-refractivity contribution in [3.05, 3.63) is 0 Å². The van der Waals surface area contributed by atoms with Gasteiger partial charge in [0.2, 0.25) is 0 Å². The molecule has 20 heterocycles. The van der Waals surface area contributed by atoms with Gasteiger partial charge in [0.15, 0.2) is 0 Å². The zero-order valence-electron chi connectivity index (χ0n) is 12.6. The minimum absolute atomic E-state index is 1.37. The molecule has 0 nitrogen and oxygen atoms in total. The van der Waals surface area contributed by atoms with Crippen LogP contribution in [0.4, 0.5) is 0 Å². The number of hydrogen-bond donors (Lipinski definition) is 0. The maximum atomic E-state index is 1.77. The fraction of sp³-hybridized carbons (Fsp3) is 1.00. The summed E-state index contributed by atoms with van der Waals surface area (Å²) in [6, 6.07) is 0. The van der Waals surface area contributed by atoms with Crippen molar-refractivity contribution in [1.29, 1.82) is 0 Å². The average Bonchev–Trinajstić information content (AvgIpc) is 3.44. The summed E-state index contributed by atoms with van der Waals surface area (Å²) >= 11 is 0. The van der Waals surface area contributed by atoms with Crippen LogP contribution in [0.5, 0.6) is 0 Å². The first-order chi connectivity index (χ1) is 10.8. The molecule has 20 rings (SSSR count). The zero-order valence-corrected chi connectivity index (χ0v) is 15.8. The third-order valence-corrected chi connectivity index (χ3v) is 125. The Kier molecular flexibility index (Phi) is 0.146. The summed E-state index contributed by atoms with van der Waals surface area (Å²) < 4.78 is 2.74. The van der Waals surface area contributed by atoms with E-state index in [1.807, 2.05) is 0 Å². The van der Waals surface area contributed by atoms with Crippen molar-refractivity contribution >= 4 is 8.58 Å². The van der Waals surface area contributed by atoms with Gasteiger partial charge in [0, 0.05) is 0 Å². The Morgan fingerprint density at radius 3 is 0.783 bits per heavy atom. The minimum atomic E-state index is -2.73. The first-order valence-electron chi connectivity index (χ1n) is 11.0. The third kappa shape index (κ3) is 0.0576. The van der Waals surface area contributed by atoms with Gasteiger partial charge in [-0.3, -0.25) is 0 Å². The van der Waals surface area contributed by atoms with Crippen molar-refractivity contribution in [2.45, 2.75) is 94.8 Å². The Labute approximate surface area is 116 Å². The van der Waals surface area contributed by atoms with E-state index in [0.717, 1.165) is 0 Å². The predicted octanol–water partition coefficient (Wildman–Crippen LogP) is 6.26. The Morgan fingerprint density at radius 1 is 0.391 bits per heavy atom. The van der Waals surface area contributed by atoms with Gasteiger partial charge >= 0.3 is 116 Å². The van der Waals surface area contributed by atoms with Crippen LogP contribution in [-0.4, -0.2) is 8.11 Å². The van der Waals surface area contributed by atoms with Crippen molar-refractivity contribution < 1.29 is 13.0 Å². The van der Waals surface area contributed by atoms with E-state index < -0.39 is 13.0 Å². The summed E-state index contributed by atoms with van der Waals surface area (Å²) in [4.78, 5) is 29.4. The van der Waals surface area contributed by atoms with Crippen LogP contribution in [-0.2, 0) is 13.0 Å². The van der Waals surface area contributed by atoms with Gasteiger partial charge in [0.05, 0.1) is 0 Å². The summed E-state index contributed by atoms with van der Waals surface area (Å²) in [6.45, 7) is -5.45. The van der Waals surface area contributed by atoms with Crippen molar-refractivity contribution in [3.63, 3.8) is 0 Å². The number of hydrogen-bond acceptors (Lipinski definition) is 0. The summed E-state index contributed by atoms with van der Waals surface area (Å²) in [5, 5.41) is 0. The normalized spacial score (nSPS) is 172. The molecule has 20 aliphatic rings. The van der Waals surface area contributed by atoms with Crippen LogP contribution in [0.1, 0.15) is 0 Å². The van der Waals surface area contributed by atoms with Gasteiger partial charge in [-0.2, -0.15) is 0 Å². The van der Waals surface area contributed by atoms with E-state index in [2.05, 4.69) is 0 Å². The van der Waals surface area contributed by atoms with Gasteiger partial charge in [-0.1, -0.05) is 0 Å². The molecule has 23 heavy (non-hydrogen) atoms. The van der Waals surface area contributed by atoms with Crippen LogP contribution in [0.3, 0.4) is 0 Å². The van der Waals surface area contributed by atoms with Crippen molar-refractivity contribution in [2.75, 3.05) is 0 Å². The van der Waals surface area contributed by atoms with Crippen LogP contribution in [0.15, 0.2) is 0 Å².